The number of amides is 1. The maximum absolute atomic E-state index is 11.7. The van der Waals surface area contributed by atoms with Gasteiger partial charge in [-0.15, -0.1) is 0 Å². The number of hydrogen-bond acceptors (Lipinski definition) is 3. The number of likely N-dealkylation sites (N-methyl/N-ethyl adjacent to an activating group) is 1. The van der Waals surface area contributed by atoms with Gasteiger partial charge >= 0.3 is 0 Å². The number of nitrogens with one attached hydrogen (secondary N) is 1. The van der Waals surface area contributed by atoms with Crippen molar-refractivity contribution >= 4 is 27.5 Å². The van der Waals surface area contributed by atoms with Gasteiger partial charge in [0, 0.05) is 18.6 Å². The number of methoxy groups -OCH3 is 1. The van der Waals surface area contributed by atoms with Crippen LogP contribution in [-0.2, 0) is 4.79 Å². The molecule has 1 unspecified atom stereocenters. The van der Waals surface area contributed by atoms with Crippen molar-refractivity contribution in [3.05, 3.63) is 22.7 Å². The van der Waals surface area contributed by atoms with Crippen LogP contribution in [0.2, 0.25) is 0 Å². The molecule has 1 aromatic carbocycles. The number of ether oxygens (including phenoxy) is 1. The highest BCUT2D eigenvalue weighted by Crippen LogP contribution is 2.28. The summed E-state index contributed by atoms with van der Waals surface area (Å²) in [4.78, 5) is 13.3. The Morgan fingerprint density at radius 2 is 2.12 bits per heavy atom. The Bertz CT molecular complexity index is 407. The van der Waals surface area contributed by atoms with Gasteiger partial charge in [0.15, 0.2) is 0 Å². The number of nitrogens with zero attached hydrogens (tertiary/aromatic N) is 1. The number of halogens is 1. The smallest absolute Gasteiger partial charge is 0.244 e. The minimum Gasteiger partial charge on any atom is -0.495 e. The van der Waals surface area contributed by atoms with E-state index in [0.717, 1.165) is 10.2 Å². The molecule has 1 atom stereocenters. The van der Waals surface area contributed by atoms with Crippen LogP contribution in [0.15, 0.2) is 22.7 Å². The molecular formula is C12H17BrN2O2. The van der Waals surface area contributed by atoms with Crippen LogP contribution < -0.4 is 10.1 Å². The van der Waals surface area contributed by atoms with E-state index >= 15 is 0 Å². The quantitative estimate of drug-likeness (QED) is 0.928. The molecule has 0 spiro atoms. The molecule has 0 heterocycles. The molecule has 1 rings (SSSR count). The highest BCUT2D eigenvalue weighted by molar-refractivity contribution is 9.10. The van der Waals surface area contributed by atoms with Crippen LogP contribution in [-0.4, -0.2) is 38.1 Å². The van der Waals surface area contributed by atoms with Crippen LogP contribution in [0.25, 0.3) is 0 Å². The molecule has 0 radical (unpaired) electrons. The standard InChI is InChI=1S/C12H17BrN2O2/c1-8(12(16)15(2)3)14-10-7-9(13)5-6-11(10)17-4/h5-8,14H,1-4H3. The van der Waals surface area contributed by atoms with Crippen molar-refractivity contribution in [2.24, 2.45) is 0 Å². The minimum absolute atomic E-state index is 0.0204. The van der Waals surface area contributed by atoms with Crippen LogP contribution in [0.5, 0.6) is 5.75 Å². The second-order valence-corrected chi connectivity index (χ2v) is 4.86. The number of carbonyl (C=O) groups excluding carboxylic acids is 1. The fourth-order valence-electron chi connectivity index (χ4n) is 1.48. The van der Waals surface area contributed by atoms with E-state index < -0.39 is 0 Å². The molecule has 0 aromatic heterocycles. The SMILES string of the molecule is COc1ccc(Br)cc1NC(C)C(=O)N(C)C. The molecule has 1 aromatic rings. The van der Waals surface area contributed by atoms with Gasteiger partial charge in [0.2, 0.25) is 5.91 Å². The Morgan fingerprint density at radius 1 is 1.47 bits per heavy atom. The first kappa shape index (κ1) is 13.8. The number of hydrogen-bond donors (Lipinski definition) is 1. The third-order valence-corrected chi connectivity index (χ3v) is 2.84. The van der Waals surface area contributed by atoms with Crippen molar-refractivity contribution in [3.63, 3.8) is 0 Å². The molecule has 1 N–H and O–H groups in total. The molecule has 0 aliphatic rings. The fourth-order valence-corrected chi connectivity index (χ4v) is 1.84. The van der Waals surface area contributed by atoms with Gasteiger partial charge in [-0.2, -0.15) is 0 Å². The molecule has 0 saturated carbocycles. The van der Waals surface area contributed by atoms with Crippen molar-refractivity contribution in [1.82, 2.24) is 4.90 Å². The van der Waals surface area contributed by atoms with E-state index in [4.69, 9.17) is 4.74 Å². The van der Waals surface area contributed by atoms with E-state index in [1.807, 2.05) is 25.1 Å². The Labute approximate surface area is 110 Å². The van der Waals surface area contributed by atoms with Crippen molar-refractivity contribution in [2.45, 2.75) is 13.0 Å². The van der Waals surface area contributed by atoms with Gasteiger partial charge in [-0.1, -0.05) is 15.9 Å². The second kappa shape index (κ2) is 5.91. The van der Waals surface area contributed by atoms with Crippen LogP contribution >= 0.6 is 15.9 Å². The average molecular weight is 301 g/mol. The lowest BCUT2D eigenvalue weighted by molar-refractivity contribution is -0.129. The first-order valence-electron chi connectivity index (χ1n) is 5.27. The molecule has 0 saturated heterocycles. The monoisotopic (exact) mass is 300 g/mol. The molecular weight excluding hydrogens is 284 g/mol. The summed E-state index contributed by atoms with van der Waals surface area (Å²) in [5, 5.41) is 3.14. The van der Waals surface area contributed by atoms with Crippen molar-refractivity contribution in [3.8, 4) is 5.75 Å². The van der Waals surface area contributed by atoms with Crippen LogP contribution in [0.4, 0.5) is 5.69 Å². The number of anilines is 1. The average Bonchev–Trinajstić information content (AvgIpc) is 2.28. The number of rotatable bonds is 4. The van der Waals surface area contributed by atoms with E-state index in [1.54, 1.807) is 26.1 Å². The molecule has 0 aliphatic carbocycles. The predicted octanol–water partition coefficient (Wildman–Crippen LogP) is 2.35. The van der Waals surface area contributed by atoms with E-state index in [1.165, 1.54) is 0 Å². The van der Waals surface area contributed by atoms with Gasteiger partial charge in [-0.05, 0) is 25.1 Å². The summed E-state index contributed by atoms with van der Waals surface area (Å²) in [6, 6.07) is 5.33. The third-order valence-electron chi connectivity index (χ3n) is 2.34. The highest BCUT2D eigenvalue weighted by Gasteiger charge is 2.16. The molecule has 0 fully saturated rings. The van der Waals surface area contributed by atoms with E-state index in [0.29, 0.717) is 5.75 Å². The van der Waals surface area contributed by atoms with E-state index in [9.17, 15) is 4.79 Å². The van der Waals surface area contributed by atoms with Crippen LogP contribution in [0, 0.1) is 0 Å². The lowest BCUT2D eigenvalue weighted by atomic mass is 10.2. The summed E-state index contributed by atoms with van der Waals surface area (Å²) < 4.78 is 6.17. The van der Waals surface area contributed by atoms with Crippen LogP contribution in [0.3, 0.4) is 0 Å². The Balaban J connectivity index is 2.87. The molecule has 0 bridgehead atoms. The van der Waals surface area contributed by atoms with E-state index in [-0.39, 0.29) is 11.9 Å². The van der Waals surface area contributed by atoms with Gasteiger partial charge in [0.1, 0.15) is 11.8 Å². The molecule has 1 amide bonds. The predicted molar refractivity (Wildman–Crippen MR) is 72.5 cm³/mol. The third kappa shape index (κ3) is 3.63. The van der Waals surface area contributed by atoms with Gasteiger partial charge in [-0.25, -0.2) is 0 Å². The first-order chi connectivity index (χ1) is 7.95. The minimum atomic E-state index is -0.298. The zero-order valence-corrected chi connectivity index (χ0v) is 12.0. The molecule has 5 heteroatoms. The Kier molecular flexibility index (Phi) is 4.81. The maximum atomic E-state index is 11.7. The van der Waals surface area contributed by atoms with Gasteiger partial charge in [-0.3, -0.25) is 4.79 Å². The summed E-state index contributed by atoms with van der Waals surface area (Å²) in [6.45, 7) is 1.82. The molecule has 17 heavy (non-hydrogen) atoms. The summed E-state index contributed by atoms with van der Waals surface area (Å²) in [6.07, 6.45) is 0. The zero-order chi connectivity index (χ0) is 13.0. The van der Waals surface area contributed by atoms with E-state index in [2.05, 4.69) is 21.2 Å². The highest BCUT2D eigenvalue weighted by atomic mass is 79.9. The molecule has 4 nitrogen and oxygen atoms in total. The lowest BCUT2D eigenvalue weighted by Gasteiger charge is -2.20. The summed E-state index contributed by atoms with van der Waals surface area (Å²) in [5.41, 5.74) is 0.796. The van der Waals surface area contributed by atoms with Crippen molar-refractivity contribution < 1.29 is 9.53 Å². The fraction of sp³-hybridized carbons (Fsp3) is 0.417. The summed E-state index contributed by atoms with van der Waals surface area (Å²) in [7, 11) is 5.07. The molecule has 94 valence electrons. The largest absolute Gasteiger partial charge is 0.495 e. The number of benzene rings is 1. The zero-order valence-electron chi connectivity index (χ0n) is 10.5. The Morgan fingerprint density at radius 3 is 2.65 bits per heavy atom. The van der Waals surface area contributed by atoms with Crippen molar-refractivity contribution in [1.29, 1.82) is 0 Å². The lowest BCUT2D eigenvalue weighted by Crippen LogP contribution is -2.36. The van der Waals surface area contributed by atoms with Crippen LogP contribution in [0.1, 0.15) is 6.92 Å². The summed E-state index contributed by atoms with van der Waals surface area (Å²) in [5.74, 6) is 0.735. The van der Waals surface area contributed by atoms with Gasteiger partial charge < -0.3 is 15.0 Å². The summed E-state index contributed by atoms with van der Waals surface area (Å²) >= 11 is 3.39. The number of carbonyl (C=O) groups is 1. The normalized spacial score (nSPS) is 11.8. The van der Waals surface area contributed by atoms with Crippen molar-refractivity contribution in [2.75, 3.05) is 26.5 Å². The maximum Gasteiger partial charge on any atom is 0.244 e. The second-order valence-electron chi connectivity index (χ2n) is 3.94. The topological polar surface area (TPSA) is 41.6 Å². The van der Waals surface area contributed by atoms with Gasteiger partial charge in [0.25, 0.3) is 0 Å². The van der Waals surface area contributed by atoms with Gasteiger partial charge in [0.05, 0.1) is 12.8 Å². The Hall–Kier alpha value is -1.23. The molecule has 0 aliphatic heterocycles. The first-order valence-corrected chi connectivity index (χ1v) is 6.06.